The molecule has 6 heteroatoms. The minimum Gasteiger partial charge on any atom is -0.481 e. The van der Waals surface area contributed by atoms with Gasteiger partial charge in [-0.1, -0.05) is 11.6 Å². The molecular formula is C11H15ClN2O2S. The molecular weight excluding hydrogens is 260 g/mol. The van der Waals surface area contributed by atoms with Gasteiger partial charge in [0.25, 0.3) is 0 Å². The molecule has 0 spiro atoms. The molecule has 1 saturated heterocycles. The smallest absolute Gasteiger partial charge is 0.305 e. The van der Waals surface area contributed by atoms with E-state index < -0.39 is 5.97 Å². The van der Waals surface area contributed by atoms with Crippen LogP contribution in [0.4, 0.5) is 0 Å². The van der Waals surface area contributed by atoms with E-state index in [1.807, 2.05) is 19.1 Å². The average Bonchev–Trinajstić information content (AvgIpc) is 2.60. The van der Waals surface area contributed by atoms with Crippen LogP contribution in [-0.4, -0.2) is 29.7 Å². The van der Waals surface area contributed by atoms with Gasteiger partial charge in [-0.15, -0.1) is 11.3 Å². The van der Waals surface area contributed by atoms with Crippen molar-refractivity contribution in [2.24, 2.45) is 0 Å². The van der Waals surface area contributed by atoms with Crippen LogP contribution < -0.4 is 10.6 Å². The highest BCUT2D eigenvalue weighted by atomic mass is 35.5. The number of carboxylic acid groups (broad SMARTS) is 1. The topological polar surface area (TPSA) is 61.4 Å². The highest BCUT2D eigenvalue weighted by Gasteiger charge is 2.40. The molecule has 2 rings (SSSR count). The van der Waals surface area contributed by atoms with E-state index >= 15 is 0 Å². The van der Waals surface area contributed by atoms with Crippen molar-refractivity contribution in [3.8, 4) is 0 Å². The summed E-state index contributed by atoms with van der Waals surface area (Å²) in [6.07, 6.45) is 0.142. The largest absolute Gasteiger partial charge is 0.481 e. The van der Waals surface area contributed by atoms with E-state index in [1.54, 1.807) is 0 Å². The second kappa shape index (κ2) is 4.94. The Labute approximate surface area is 109 Å². The molecule has 1 fully saturated rings. The standard InChI is InChI=1S/C11H15ClN2O2S/c1-7(8-2-3-9(12)17-8)14-11(4-10(15)16)5-13-6-11/h2-3,7,13-14H,4-6H2,1H3,(H,15,16). The second-order valence-corrected chi connectivity index (χ2v) is 6.21. The molecule has 0 bridgehead atoms. The number of halogens is 1. The van der Waals surface area contributed by atoms with Gasteiger partial charge in [0, 0.05) is 24.0 Å². The van der Waals surface area contributed by atoms with Gasteiger partial charge < -0.3 is 15.7 Å². The number of aliphatic carboxylic acids is 1. The van der Waals surface area contributed by atoms with Crippen molar-refractivity contribution in [1.82, 2.24) is 10.6 Å². The first-order valence-corrected chi connectivity index (χ1v) is 6.66. The molecule has 0 aromatic carbocycles. The van der Waals surface area contributed by atoms with Crippen LogP contribution >= 0.6 is 22.9 Å². The lowest BCUT2D eigenvalue weighted by Gasteiger charge is -2.44. The van der Waals surface area contributed by atoms with Crippen LogP contribution in [0.3, 0.4) is 0 Å². The minimum atomic E-state index is -0.768. The van der Waals surface area contributed by atoms with Gasteiger partial charge in [0.2, 0.25) is 0 Å². The summed E-state index contributed by atoms with van der Waals surface area (Å²) in [7, 11) is 0. The zero-order valence-electron chi connectivity index (χ0n) is 9.50. The van der Waals surface area contributed by atoms with Crippen molar-refractivity contribution in [3.05, 3.63) is 21.3 Å². The van der Waals surface area contributed by atoms with Crippen LogP contribution in [0.5, 0.6) is 0 Å². The Balaban J connectivity index is 2.01. The van der Waals surface area contributed by atoms with Gasteiger partial charge in [-0.2, -0.15) is 0 Å². The molecule has 1 aromatic heterocycles. The van der Waals surface area contributed by atoms with Crippen molar-refractivity contribution in [3.63, 3.8) is 0 Å². The fourth-order valence-electron chi connectivity index (χ4n) is 2.09. The summed E-state index contributed by atoms with van der Waals surface area (Å²) < 4.78 is 0.757. The number of carbonyl (C=O) groups is 1. The third kappa shape index (κ3) is 2.98. The molecule has 0 radical (unpaired) electrons. The predicted molar refractivity (Wildman–Crippen MR) is 68.7 cm³/mol. The fraction of sp³-hybridized carbons (Fsp3) is 0.545. The van der Waals surface area contributed by atoms with E-state index in [0.717, 1.165) is 9.21 Å². The maximum Gasteiger partial charge on any atom is 0.305 e. The zero-order valence-corrected chi connectivity index (χ0v) is 11.1. The molecule has 1 unspecified atom stereocenters. The maximum absolute atomic E-state index is 10.8. The molecule has 1 aliphatic heterocycles. The first-order valence-electron chi connectivity index (χ1n) is 5.46. The van der Waals surface area contributed by atoms with Gasteiger partial charge in [0.15, 0.2) is 0 Å². The Bertz CT molecular complexity index is 417. The first kappa shape index (κ1) is 12.8. The normalized spacial score (nSPS) is 19.6. The highest BCUT2D eigenvalue weighted by molar-refractivity contribution is 7.16. The van der Waals surface area contributed by atoms with E-state index in [4.69, 9.17) is 16.7 Å². The molecule has 1 aromatic rings. The van der Waals surface area contributed by atoms with E-state index in [-0.39, 0.29) is 18.0 Å². The Morgan fingerprint density at radius 1 is 1.71 bits per heavy atom. The molecule has 17 heavy (non-hydrogen) atoms. The maximum atomic E-state index is 10.8. The van der Waals surface area contributed by atoms with Gasteiger partial charge in [0.1, 0.15) is 0 Å². The summed E-state index contributed by atoms with van der Waals surface area (Å²) in [5.74, 6) is -0.768. The monoisotopic (exact) mass is 274 g/mol. The predicted octanol–water partition coefficient (Wildman–Crippen LogP) is 1.87. The summed E-state index contributed by atoms with van der Waals surface area (Å²) >= 11 is 7.42. The lowest BCUT2D eigenvalue weighted by molar-refractivity contribution is -0.139. The lowest BCUT2D eigenvalue weighted by atomic mass is 9.87. The van der Waals surface area contributed by atoms with Crippen molar-refractivity contribution in [2.75, 3.05) is 13.1 Å². The molecule has 0 amide bonds. The number of nitrogens with one attached hydrogen (secondary N) is 2. The van der Waals surface area contributed by atoms with Crippen LogP contribution in [-0.2, 0) is 4.79 Å². The molecule has 0 aliphatic carbocycles. The summed E-state index contributed by atoms with van der Waals surface area (Å²) in [6, 6.07) is 3.96. The molecule has 94 valence electrons. The minimum absolute atomic E-state index is 0.119. The van der Waals surface area contributed by atoms with Crippen LogP contribution in [0.1, 0.15) is 24.3 Å². The SMILES string of the molecule is CC(NC1(CC(=O)O)CNC1)c1ccc(Cl)s1. The van der Waals surface area contributed by atoms with Crippen molar-refractivity contribution < 1.29 is 9.90 Å². The van der Waals surface area contributed by atoms with Gasteiger partial charge in [-0.25, -0.2) is 0 Å². The number of carboxylic acids is 1. The van der Waals surface area contributed by atoms with Gasteiger partial charge in [-0.05, 0) is 19.1 Å². The molecule has 0 saturated carbocycles. The third-order valence-electron chi connectivity index (χ3n) is 2.96. The van der Waals surface area contributed by atoms with Gasteiger partial charge in [0.05, 0.1) is 16.3 Å². The second-order valence-electron chi connectivity index (χ2n) is 4.46. The third-order valence-corrected chi connectivity index (χ3v) is 4.37. The Hall–Kier alpha value is -0.620. The highest BCUT2D eigenvalue weighted by Crippen LogP contribution is 2.29. The Morgan fingerprint density at radius 3 is 2.82 bits per heavy atom. The van der Waals surface area contributed by atoms with Crippen molar-refractivity contribution in [2.45, 2.75) is 24.9 Å². The van der Waals surface area contributed by atoms with Gasteiger partial charge in [-0.3, -0.25) is 4.79 Å². The quantitative estimate of drug-likeness (QED) is 0.767. The molecule has 1 aliphatic rings. The number of rotatable bonds is 5. The van der Waals surface area contributed by atoms with E-state index in [0.29, 0.717) is 13.1 Å². The zero-order chi connectivity index (χ0) is 12.5. The number of thiophene rings is 1. The molecule has 1 atom stereocenters. The summed E-state index contributed by atoms with van der Waals surface area (Å²) in [5.41, 5.74) is -0.318. The molecule has 4 nitrogen and oxygen atoms in total. The van der Waals surface area contributed by atoms with Crippen LogP contribution in [0, 0.1) is 0 Å². The molecule has 2 heterocycles. The van der Waals surface area contributed by atoms with E-state index in [2.05, 4.69) is 10.6 Å². The summed E-state index contributed by atoms with van der Waals surface area (Å²) in [5, 5.41) is 15.4. The van der Waals surface area contributed by atoms with Crippen LogP contribution in [0.25, 0.3) is 0 Å². The number of hydrogen-bond donors (Lipinski definition) is 3. The average molecular weight is 275 g/mol. The van der Waals surface area contributed by atoms with Crippen molar-refractivity contribution >= 4 is 28.9 Å². The summed E-state index contributed by atoms with van der Waals surface area (Å²) in [4.78, 5) is 12.0. The lowest BCUT2D eigenvalue weighted by Crippen LogP contribution is -2.68. The van der Waals surface area contributed by atoms with E-state index in [1.165, 1.54) is 11.3 Å². The summed E-state index contributed by atoms with van der Waals surface area (Å²) in [6.45, 7) is 3.43. The first-order chi connectivity index (χ1) is 8.01. The Morgan fingerprint density at radius 2 is 2.41 bits per heavy atom. The number of hydrogen-bond acceptors (Lipinski definition) is 4. The Kier molecular flexibility index (Phi) is 3.73. The van der Waals surface area contributed by atoms with Crippen LogP contribution in [0.2, 0.25) is 4.34 Å². The van der Waals surface area contributed by atoms with Gasteiger partial charge >= 0.3 is 5.97 Å². The van der Waals surface area contributed by atoms with Crippen LogP contribution in [0.15, 0.2) is 12.1 Å². The van der Waals surface area contributed by atoms with Crippen molar-refractivity contribution in [1.29, 1.82) is 0 Å². The molecule has 3 N–H and O–H groups in total. The fourth-order valence-corrected chi connectivity index (χ4v) is 3.15. The van der Waals surface area contributed by atoms with E-state index in [9.17, 15) is 4.79 Å².